The molecule has 38 heavy (non-hydrogen) atoms. The Kier molecular flexibility index (Phi) is 6.88. The lowest BCUT2D eigenvalue weighted by Gasteiger charge is -2.31. The molecule has 6 rings (SSSR count). The molecule has 4 heterocycles. The number of hydrogen-bond donors (Lipinski definition) is 0. The minimum Gasteiger partial charge on any atom is -0.341 e. The highest BCUT2D eigenvalue weighted by atomic mass is 35.5. The molecule has 0 radical (unpaired) electrons. The van der Waals surface area contributed by atoms with Gasteiger partial charge in [-0.05, 0) is 61.2 Å². The summed E-state index contributed by atoms with van der Waals surface area (Å²) in [5.41, 5.74) is 1.25. The maximum atomic E-state index is 13.9. The third-order valence-corrected chi connectivity index (χ3v) is 10.5. The third-order valence-electron chi connectivity index (χ3n) is 7.37. The van der Waals surface area contributed by atoms with Crippen LogP contribution in [-0.4, -0.2) is 45.5 Å². The SMILES string of the molecule is O=C(Cn1c2c(sc1=O)C(c1ccc(Cl)cc1)C1C(=O)N(c3ccc(Cl)cc3)C(=O)C1S2)N1CCCCC1. The van der Waals surface area contributed by atoms with Crippen molar-refractivity contribution in [2.24, 2.45) is 5.92 Å². The van der Waals surface area contributed by atoms with Crippen molar-refractivity contribution in [3.63, 3.8) is 0 Å². The number of thiazole rings is 1. The molecule has 2 fully saturated rings. The largest absolute Gasteiger partial charge is 0.341 e. The van der Waals surface area contributed by atoms with Crippen LogP contribution < -0.4 is 9.77 Å². The number of imide groups is 1. The van der Waals surface area contributed by atoms with E-state index < -0.39 is 17.1 Å². The number of rotatable bonds is 4. The van der Waals surface area contributed by atoms with E-state index in [4.69, 9.17) is 23.2 Å². The van der Waals surface area contributed by atoms with Gasteiger partial charge in [-0.3, -0.25) is 23.7 Å². The number of carbonyl (C=O) groups is 3. The fourth-order valence-corrected chi connectivity index (χ4v) is 8.53. The summed E-state index contributed by atoms with van der Waals surface area (Å²) in [5.74, 6) is -2.00. The smallest absolute Gasteiger partial charge is 0.308 e. The van der Waals surface area contributed by atoms with Crippen molar-refractivity contribution in [3.05, 3.63) is 78.7 Å². The number of hydrogen-bond acceptors (Lipinski definition) is 6. The van der Waals surface area contributed by atoms with Gasteiger partial charge in [-0.15, -0.1) is 0 Å². The van der Waals surface area contributed by atoms with E-state index in [2.05, 4.69) is 0 Å². The Morgan fingerprint density at radius 1 is 0.868 bits per heavy atom. The Balaban J connectivity index is 1.43. The highest BCUT2D eigenvalue weighted by Gasteiger charge is 2.56. The fraction of sp³-hybridized carbons (Fsp3) is 0.333. The van der Waals surface area contributed by atoms with E-state index in [9.17, 15) is 19.2 Å². The molecule has 0 bridgehead atoms. The first-order valence-corrected chi connectivity index (χ1v) is 14.9. The lowest BCUT2D eigenvalue weighted by atomic mass is 9.83. The Labute approximate surface area is 237 Å². The number of carbonyl (C=O) groups excluding carboxylic acids is 3. The summed E-state index contributed by atoms with van der Waals surface area (Å²) in [7, 11) is 0. The van der Waals surface area contributed by atoms with Gasteiger partial charge in [0.25, 0.3) is 0 Å². The summed E-state index contributed by atoms with van der Waals surface area (Å²) in [4.78, 5) is 57.4. The lowest BCUT2D eigenvalue weighted by Crippen LogP contribution is -2.39. The summed E-state index contributed by atoms with van der Waals surface area (Å²) in [5, 5.41) is 0.899. The Morgan fingerprint density at radius 2 is 1.50 bits per heavy atom. The average molecular weight is 589 g/mol. The zero-order chi connectivity index (χ0) is 26.6. The molecule has 3 aliphatic rings. The molecule has 0 saturated carbocycles. The van der Waals surface area contributed by atoms with E-state index in [1.165, 1.54) is 21.2 Å². The molecule has 196 valence electrons. The zero-order valence-corrected chi connectivity index (χ0v) is 23.3. The molecule has 3 aromatic rings. The fourth-order valence-electron chi connectivity index (χ4n) is 5.51. The van der Waals surface area contributed by atoms with Crippen LogP contribution in [0.5, 0.6) is 0 Å². The second kappa shape index (κ2) is 10.2. The van der Waals surface area contributed by atoms with Crippen LogP contribution >= 0.6 is 46.3 Å². The second-order valence-electron chi connectivity index (χ2n) is 9.65. The van der Waals surface area contributed by atoms with Gasteiger partial charge in [-0.2, -0.15) is 0 Å². The van der Waals surface area contributed by atoms with E-state index in [1.54, 1.807) is 41.3 Å². The number of likely N-dealkylation sites (tertiary alicyclic amines) is 1. The van der Waals surface area contributed by atoms with Crippen LogP contribution in [0.1, 0.15) is 35.6 Å². The van der Waals surface area contributed by atoms with Gasteiger partial charge in [-0.1, -0.05) is 58.4 Å². The molecule has 0 N–H and O–H groups in total. The number of benzene rings is 2. The van der Waals surface area contributed by atoms with Crippen LogP contribution in [0.3, 0.4) is 0 Å². The van der Waals surface area contributed by atoms with Crippen molar-refractivity contribution >= 4 is 69.7 Å². The number of piperidine rings is 1. The molecule has 2 aromatic carbocycles. The van der Waals surface area contributed by atoms with Crippen molar-refractivity contribution in [2.45, 2.75) is 42.0 Å². The quantitative estimate of drug-likeness (QED) is 0.400. The van der Waals surface area contributed by atoms with Gasteiger partial charge >= 0.3 is 4.87 Å². The predicted octanol–water partition coefficient (Wildman–Crippen LogP) is 5.02. The van der Waals surface area contributed by atoms with Gasteiger partial charge in [0.05, 0.1) is 16.6 Å². The molecule has 3 aliphatic heterocycles. The zero-order valence-electron chi connectivity index (χ0n) is 20.1. The summed E-state index contributed by atoms with van der Waals surface area (Å²) < 4.78 is 1.49. The van der Waals surface area contributed by atoms with Crippen molar-refractivity contribution in [1.29, 1.82) is 0 Å². The molecular formula is C27H23Cl2N3O4S2. The van der Waals surface area contributed by atoms with Gasteiger partial charge in [0.2, 0.25) is 17.7 Å². The van der Waals surface area contributed by atoms with E-state index >= 15 is 0 Å². The number of anilines is 1. The maximum Gasteiger partial charge on any atom is 0.308 e. The Bertz CT molecular complexity index is 1480. The summed E-state index contributed by atoms with van der Waals surface area (Å²) in [6, 6.07) is 13.7. The van der Waals surface area contributed by atoms with Gasteiger partial charge in [-0.25, -0.2) is 4.90 Å². The molecular weight excluding hydrogens is 565 g/mol. The van der Waals surface area contributed by atoms with Crippen LogP contribution in [0.4, 0.5) is 5.69 Å². The predicted molar refractivity (Wildman–Crippen MR) is 149 cm³/mol. The van der Waals surface area contributed by atoms with Crippen LogP contribution in [0, 0.1) is 5.92 Å². The van der Waals surface area contributed by atoms with E-state index in [0.29, 0.717) is 38.7 Å². The van der Waals surface area contributed by atoms with Crippen LogP contribution in [0.2, 0.25) is 10.0 Å². The van der Waals surface area contributed by atoms with Crippen LogP contribution in [0.15, 0.2) is 58.4 Å². The highest BCUT2D eigenvalue weighted by Crippen LogP contribution is 2.54. The standard InChI is InChI=1S/C27H23Cl2N3O4S2/c28-16-6-4-15(5-7-16)20-21-22(25(35)32(24(21)34)18-10-8-17(29)9-11-18)37-26-23(20)38-27(36)31(26)14-19(33)30-12-2-1-3-13-30/h4-11,20-22H,1-3,12-14H2. The number of nitrogens with zero attached hydrogens (tertiary/aromatic N) is 3. The van der Waals surface area contributed by atoms with Crippen molar-refractivity contribution in [1.82, 2.24) is 9.47 Å². The van der Waals surface area contributed by atoms with E-state index in [0.717, 1.165) is 36.2 Å². The maximum absolute atomic E-state index is 13.9. The molecule has 0 aliphatic carbocycles. The molecule has 3 atom stereocenters. The first-order valence-electron chi connectivity index (χ1n) is 12.4. The third kappa shape index (κ3) is 4.39. The Hall–Kier alpha value is -2.59. The van der Waals surface area contributed by atoms with Gasteiger partial charge in [0, 0.05) is 33.9 Å². The molecule has 11 heteroatoms. The van der Waals surface area contributed by atoms with Crippen molar-refractivity contribution in [2.75, 3.05) is 18.0 Å². The monoisotopic (exact) mass is 587 g/mol. The first-order chi connectivity index (χ1) is 18.3. The Morgan fingerprint density at radius 3 is 2.16 bits per heavy atom. The van der Waals surface area contributed by atoms with Crippen molar-refractivity contribution in [3.8, 4) is 0 Å². The second-order valence-corrected chi connectivity index (χ2v) is 12.6. The van der Waals surface area contributed by atoms with E-state index in [-0.39, 0.29) is 29.1 Å². The van der Waals surface area contributed by atoms with Crippen molar-refractivity contribution < 1.29 is 14.4 Å². The topological polar surface area (TPSA) is 79.7 Å². The molecule has 0 spiro atoms. The lowest BCUT2D eigenvalue weighted by molar-refractivity contribution is -0.133. The van der Waals surface area contributed by atoms with E-state index in [1.807, 2.05) is 12.1 Å². The van der Waals surface area contributed by atoms with Crippen LogP contribution in [0.25, 0.3) is 0 Å². The normalized spacial score (nSPS) is 22.9. The summed E-state index contributed by atoms with van der Waals surface area (Å²) in [6.45, 7) is 1.30. The number of thioether (sulfide) groups is 1. The average Bonchev–Trinajstić information content (AvgIpc) is 3.36. The number of aromatic nitrogens is 1. The molecule has 1 aromatic heterocycles. The van der Waals surface area contributed by atoms with Gasteiger partial charge < -0.3 is 4.90 Å². The highest BCUT2D eigenvalue weighted by molar-refractivity contribution is 8.00. The summed E-state index contributed by atoms with van der Waals surface area (Å²) in [6.07, 6.45) is 3.01. The molecule has 2 saturated heterocycles. The van der Waals surface area contributed by atoms with Gasteiger partial charge in [0.15, 0.2) is 0 Å². The molecule has 7 nitrogen and oxygen atoms in total. The number of fused-ring (bicyclic) bond motifs is 2. The minimum atomic E-state index is -0.739. The number of amides is 3. The van der Waals surface area contributed by atoms with Gasteiger partial charge in [0.1, 0.15) is 11.8 Å². The molecule has 3 amide bonds. The molecule has 3 unspecified atom stereocenters. The first kappa shape index (κ1) is 25.7. The number of halogens is 2. The summed E-state index contributed by atoms with van der Waals surface area (Å²) >= 11 is 14.5. The minimum absolute atomic E-state index is 0.0779. The van der Waals surface area contributed by atoms with Crippen LogP contribution in [-0.2, 0) is 20.9 Å².